The van der Waals surface area contributed by atoms with Crippen LogP contribution in [0, 0.1) is 0 Å². The molecule has 0 spiro atoms. The lowest BCUT2D eigenvalue weighted by atomic mass is 9.91. The SMILES string of the molecule is C=CC(=O)N(Cc1ncoc1C(C)(C)C)C(C)c1ccn(C(C)C)n1. The van der Waals surface area contributed by atoms with E-state index in [1.165, 1.54) is 12.5 Å². The largest absolute Gasteiger partial charge is 0.448 e. The molecule has 2 aromatic rings. The van der Waals surface area contributed by atoms with Crippen LogP contribution >= 0.6 is 0 Å². The van der Waals surface area contributed by atoms with Gasteiger partial charge in [0.25, 0.3) is 0 Å². The van der Waals surface area contributed by atoms with Crippen molar-refractivity contribution in [2.24, 2.45) is 0 Å². The Morgan fingerprint density at radius 1 is 1.40 bits per heavy atom. The first kappa shape index (κ1) is 19.0. The lowest BCUT2D eigenvalue weighted by molar-refractivity contribution is -0.128. The van der Waals surface area contributed by atoms with Crippen molar-refractivity contribution in [2.45, 2.75) is 65.6 Å². The minimum absolute atomic E-state index is 0.158. The average molecular weight is 344 g/mol. The van der Waals surface area contributed by atoms with Crippen LogP contribution in [0.25, 0.3) is 0 Å². The minimum atomic E-state index is -0.199. The summed E-state index contributed by atoms with van der Waals surface area (Å²) in [5.41, 5.74) is 1.42. The van der Waals surface area contributed by atoms with Gasteiger partial charge in [-0.1, -0.05) is 27.4 Å². The van der Waals surface area contributed by atoms with Gasteiger partial charge in [-0.15, -0.1) is 0 Å². The fraction of sp³-hybridized carbons (Fsp3) is 0.526. The highest BCUT2D eigenvalue weighted by molar-refractivity contribution is 5.87. The number of hydrogen-bond donors (Lipinski definition) is 0. The van der Waals surface area contributed by atoms with Crippen molar-refractivity contribution in [1.29, 1.82) is 0 Å². The zero-order chi connectivity index (χ0) is 18.8. The number of hydrogen-bond acceptors (Lipinski definition) is 4. The third-order valence-corrected chi connectivity index (χ3v) is 4.15. The van der Waals surface area contributed by atoms with Crippen molar-refractivity contribution < 1.29 is 9.21 Å². The topological polar surface area (TPSA) is 64.2 Å². The number of aromatic nitrogens is 3. The van der Waals surface area contributed by atoms with Crippen LogP contribution in [0.15, 0.2) is 35.7 Å². The molecule has 2 rings (SSSR count). The second kappa shape index (κ2) is 7.25. The molecule has 0 aromatic carbocycles. The van der Waals surface area contributed by atoms with E-state index in [0.29, 0.717) is 6.54 Å². The monoisotopic (exact) mass is 344 g/mol. The molecule has 136 valence electrons. The number of nitrogens with zero attached hydrogens (tertiary/aromatic N) is 4. The quantitative estimate of drug-likeness (QED) is 0.742. The molecule has 6 nitrogen and oxygen atoms in total. The maximum atomic E-state index is 12.5. The van der Waals surface area contributed by atoms with Crippen molar-refractivity contribution in [3.63, 3.8) is 0 Å². The molecular formula is C19H28N4O2. The van der Waals surface area contributed by atoms with Crippen LogP contribution in [0.1, 0.15) is 70.8 Å². The lowest BCUT2D eigenvalue weighted by Crippen LogP contribution is -2.33. The molecule has 0 saturated carbocycles. The summed E-state index contributed by atoms with van der Waals surface area (Å²) in [6, 6.07) is 2.02. The summed E-state index contributed by atoms with van der Waals surface area (Å²) in [5, 5.41) is 4.59. The Morgan fingerprint density at radius 2 is 2.08 bits per heavy atom. The molecule has 2 heterocycles. The van der Waals surface area contributed by atoms with Crippen molar-refractivity contribution in [3.8, 4) is 0 Å². The molecule has 0 aliphatic carbocycles. The molecule has 0 fully saturated rings. The van der Waals surface area contributed by atoms with Gasteiger partial charge in [-0.05, 0) is 32.9 Å². The number of carbonyl (C=O) groups is 1. The Labute approximate surface area is 149 Å². The Bertz CT molecular complexity index is 737. The molecule has 1 atom stereocenters. The third-order valence-electron chi connectivity index (χ3n) is 4.15. The molecule has 0 N–H and O–H groups in total. The predicted molar refractivity (Wildman–Crippen MR) is 97.0 cm³/mol. The van der Waals surface area contributed by atoms with Crippen LogP contribution in [-0.2, 0) is 16.8 Å². The van der Waals surface area contributed by atoms with Gasteiger partial charge in [-0.3, -0.25) is 9.48 Å². The van der Waals surface area contributed by atoms with Gasteiger partial charge in [0.2, 0.25) is 5.91 Å². The summed E-state index contributed by atoms with van der Waals surface area (Å²) < 4.78 is 7.46. The molecule has 0 saturated heterocycles. The molecular weight excluding hydrogens is 316 g/mol. The van der Waals surface area contributed by atoms with Crippen molar-refractivity contribution in [1.82, 2.24) is 19.7 Å². The Hall–Kier alpha value is -2.37. The zero-order valence-electron chi connectivity index (χ0n) is 16.0. The molecule has 0 bridgehead atoms. The molecule has 1 unspecified atom stereocenters. The molecule has 0 aliphatic heterocycles. The van der Waals surface area contributed by atoms with Crippen LogP contribution in [0.2, 0.25) is 0 Å². The van der Waals surface area contributed by atoms with E-state index in [1.54, 1.807) is 4.90 Å². The summed E-state index contributed by atoms with van der Waals surface area (Å²) >= 11 is 0. The number of carbonyl (C=O) groups excluding carboxylic acids is 1. The average Bonchev–Trinajstić information content (AvgIpc) is 3.19. The highest BCUT2D eigenvalue weighted by Crippen LogP contribution is 2.28. The van der Waals surface area contributed by atoms with E-state index in [4.69, 9.17) is 4.42 Å². The molecule has 25 heavy (non-hydrogen) atoms. The van der Waals surface area contributed by atoms with Crippen LogP contribution in [0.3, 0.4) is 0 Å². The van der Waals surface area contributed by atoms with Gasteiger partial charge >= 0.3 is 0 Å². The molecule has 2 aromatic heterocycles. The fourth-order valence-corrected chi connectivity index (χ4v) is 2.70. The maximum absolute atomic E-state index is 12.5. The van der Waals surface area contributed by atoms with Crippen LogP contribution in [0.5, 0.6) is 0 Å². The summed E-state index contributed by atoms with van der Waals surface area (Å²) in [7, 11) is 0. The lowest BCUT2D eigenvalue weighted by Gasteiger charge is -2.27. The highest BCUT2D eigenvalue weighted by atomic mass is 16.3. The number of oxazole rings is 1. The minimum Gasteiger partial charge on any atom is -0.448 e. The fourth-order valence-electron chi connectivity index (χ4n) is 2.70. The second-order valence-corrected chi connectivity index (χ2v) is 7.54. The zero-order valence-corrected chi connectivity index (χ0v) is 16.0. The Morgan fingerprint density at radius 3 is 2.60 bits per heavy atom. The van der Waals surface area contributed by atoms with E-state index < -0.39 is 0 Å². The summed E-state index contributed by atoms with van der Waals surface area (Å²) in [4.78, 5) is 18.5. The third kappa shape index (κ3) is 4.18. The molecule has 0 radical (unpaired) electrons. The number of rotatable bonds is 6. The van der Waals surface area contributed by atoms with E-state index in [0.717, 1.165) is 17.1 Å². The van der Waals surface area contributed by atoms with Gasteiger partial charge in [-0.25, -0.2) is 4.98 Å². The second-order valence-electron chi connectivity index (χ2n) is 7.54. The van der Waals surface area contributed by atoms with Crippen molar-refractivity contribution >= 4 is 5.91 Å². The molecule has 6 heteroatoms. The Balaban J connectivity index is 2.32. The van der Waals surface area contributed by atoms with Gasteiger partial charge in [0, 0.05) is 17.7 Å². The van der Waals surface area contributed by atoms with Gasteiger partial charge in [0.15, 0.2) is 6.39 Å². The van der Waals surface area contributed by atoms with Crippen LogP contribution < -0.4 is 0 Å². The highest BCUT2D eigenvalue weighted by Gasteiger charge is 2.28. The van der Waals surface area contributed by atoms with Crippen molar-refractivity contribution in [2.75, 3.05) is 0 Å². The summed E-state index contributed by atoms with van der Waals surface area (Å²) in [6.07, 6.45) is 4.70. The van der Waals surface area contributed by atoms with E-state index in [1.807, 2.05) is 23.9 Å². The standard InChI is InChI=1S/C19H28N4O2/c1-8-17(24)22(11-16-18(19(5,6)7)25-12-20-16)14(4)15-9-10-23(21-15)13(2)3/h8-10,12-14H,1,11H2,2-7H3. The predicted octanol–water partition coefficient (Wildman–Crippen LogP) is 4.03. The Kier molecular flexibility index (Phi) is 5.50. The van der Waals surface area contributed by atoms with E-state index >= 15 is 0 Å². The van der Waals surface area contributed by atoms with Gasteiger partial charge in [-0.2, -0.15) is 5.10 Å². The maximum Gasteiger partial charge on any atom is 0.246 e. The first-order valence-corrected chi connectivity index (χ1v) is 8.56. The smallest absolute Gasteiger partial charge is 0.246 e. The summed E-state index contributed by atoms with van der Waals surface area (Å²) in [6.45, 7) is 16.3. The van der Waals surface area contributed by atoms with Crippen LogP contribution in [-0.4, -0.2) is 25.6 Å². The molecule has 1 amide bonds. The van der Waals surface area contributed by atoms with E-state index in [-0.39, 0.29) is 23.4 Å². The summed E-state index contributed by atoms with van der Waals surface area (Å²) in [5.74, 6) is 0.628. The van der Waals surface area contributed by atoms with E-state index in [2.05, 4.69) is 51.3 Å². The van der Waals surface area contributed by atoms with Crippen LogP contribution in [0.4, 0.5) is 0 Å². The van der Waals surface area contributed by atoms with E-state index in [9.17, 15) is 4.79 Å². The first-order chi connectivity index (χ1) is 11.6. The number of amides is 1. The van der Waals surface area contributed by atoms with Gasteiger partial charge in [0.05, 0.1) is 18.3 Å². The molecule has 0 aliphatic rings. The van der Waals surface area contributed by atoms with Crippen molar-refractivity contribution in [3.05, 3.63) is 48.5 Å². The normalized spacial score (nSPS) is 13.1. The van der Waals surface area contributed by atoms with Gasteiger partial charge < -0.3 is 9.32 Å². The van der Waals surface area contributed by atoms with Gasteiger partial charge in [0.1, 0.15) is 11.5 Å². The first-order valence-electron chi connectivity index (χ1n) is 8.56.